The number of piperidine rings is 1. The van der Waals surface area contributed by atoms with Gasteiger partial charge in [-0.25, -0.2) is 0 Å². The van der Waals surface area contributed by atoms with Crippen molar-refractivity contribution in [3.63, 3.8) is 0 Å². The van der Waals surface area contributed by atoms with Crippen LogP contribution in [0.5, 0.6) is 0 Å². The minimum atomic E-state index is -4.33. The maximum Gasteiger partial charge on any atom is 0.416 e. The highest BCUT2D eigenvalue weighted by Crippen LogP contribution is 2.32. The lowest BCUT2D eigenvalue weighted by Crippen LogP contribution is -2.42. The maximum absolute atomic E-state index is 12.5. The minimum Gasteiger partial charge on any atom is -0.387 e. The Hall–Kier alpha value is -1.07. The average molecular weight is 287 g/mol. The molecule has 2 rings (SSSR count). The van der Waals surface area contributed by atoms with Gasteiger partial charge in [-0.2, -0.15) is 13.2 Å². The van der Waals surface area contributed by atoms with Gasteiger partial charge in [0.1, 0.15) is 0 Å². The highest BCUT2D eigenvalue weighted by molar-refractivity contribution is 5.27. The molecule has 1 aromatic rings. The van der Waals surface area contributed by atoms with Gasteiger partial charge >= 0.3 is 6.18 Å². The number of alkyl halides is 3. The van der Waals surface area contributed by atoms with Crippen molar-refractivity contribution in [1.29, 1.82) is 0 Å². The monoisotopic (exact) mass is 287 g/mol. The van der Waals surface area contributed by atoms with E-state index in [1.54, 1.807) is 0 Å². The Bertz CT molecular complexity index is 430. The lowest BCUT2D eigenvalue weighted by atomic mass is 9.86. The number of nitrogens with one attached hydrogen (secondary N) is 1. The summed E-state index contributed by atoms with van der Waals surface area (Å²) in [5, 5.41) is 13.6. The molecular weight excluding hydrogens is 267 g/mol. The van der Waals surface area contributed by atoms with E-state index >= 15 is 0 Å². The first kappa shape index (κ1) is 15.3. The molecule has 2 nitrogen and oxygen atoms in total. The van der Waals surface area contributed by atoms with Gasteiger partial charge in [0.15, 0.2) is 0 Å². The zero-order chi connectivity index (χ0) is 14.8. The molecule has 0 saturated carbocycles. The Balaban J connectivity index is 2.07. The number of halogens is 3. The van der Waals surface area contributed by atoms with E-state index in [4.69, 9.17) is 0 Å². The van der Waals surface area contributed by atoms with Gasteiger partial charge in [-0.15, -0.1) is 0 Å². The molecule has 1 aliphatic rings. The van der Waals surface area contributed by atoms with Crippen LogP contribution >= 0.6 is 0 Å². The lowest BCUT2D eigenvalue weighted by molar-refractivity contribution is -0.137. The molecule has 0 radical (unpaired) electrons. The third kappa shape index (κ3) is 3.52. The van der Waals surface area contributed by atoms with Crippen molar-refractivity contribution >= 4 is 0 Å². The van der Waals surface area contributed by atoms with E-state index in [2.05, 4.69) is 12.2 Å². The zero-order valence-corrected chi connectivity index (χ0v) is 11.5. The van der Waals surface area contributed by atoms with Crippen LogP contribution in [0, 0.1) is 5.92 Å². The van der Waals surface area contributed by atoms with Crippen molar-refractivity contribution in [2.75, 3.05) is 6.54 Å². The third-order valence-corrected chi connectivity index (χ3v) is 4.08. The average Bonchev–Trinajstić information content (AvgIpc) is 2.46. The first-order valence-corrected chi connectivity index (χ1v) is 7.00. The Morgan fingerprint density at radius 3 is 2.50 bits per heavy atom. The summed E-state index contributed by atoms with van der Waals surface area (Å²) in [5.74, 6) is 0.574. The Morgan fingerprint density at radius 2 is 1.95 bits per heavy atom. The van der Waals surface area contributed by atoms with Gasteiger partial charge in [0, 0.05) is 6.04 Å². The predicted molar refractivity (Wildman–Crippen MR) is 71.2 cm³/mol. The summed E-state index contributed by atoms with van der Waals surface area (Å²) in [4.78, 5) is 0. The lowest BCUT2D eigenvalue weighted by Gasteiger charge is -2.33. The topological polar surface area (TPSA) is 32.3 Å². The van der Waals surface area contributed by atoms with E-state index in [9.17, 15) is 18.3 Å². The van der Waals surface area contributed by atoms with Gasteiger partial charge in [-0.05, 0) is 43.0 Å². The molecule has 0 aliphatic carbocycles. The zero-order valence-electron chi connectivity index (χ0n) is 11.5. The fraction of sp³-hybridized carbons (Fsp3) is 0.600. The van der Waals surface area contributed by atoms with Crippen molar-refractivity contribution in [2.45, 2.75) is 44.5 Å². The largest absolute Gasteiger partial charge is 0.416 e. The van der Waals surface area contributed by atoms with E-state index < -0.39 is 17.8 Å². The molecule has 0 bridgehead atoms. The first-order valence-electron chi connectivity index (χ1n) is 7.00. The van der Waals surface area contributed by atoms with E-state index in [1.807, 2.05) is 0 Å². The SMILES string of the molecule is CCC1CCNC(C(O)c2ccc(C(F)(F)F)cc2)C1. The number of benzene rings is 1. The quantitative estimate of drug-likeness (QED) is 0.891. The van der Waals surface area contributed by atoms with Gasteiger partial charge in [0.05, 0.1) is 11.7 Å². The second-order valence-corrected chi connectivity index (χ2v) is 5.42. The van der Waals surface area contributed by atoms with Crippen molar-refractivity contribution < 1.29 is 18.3 Å². The molecule has 0 spiro atoms. The predicted octanol–water partition coefficient (Wildman–Crippen LogP) is 3.52. The van der Waals surface area contributed by atoms with Gasteiger partial charge in [0.25, 0.3) is 0 Å². The van der Waals surface area contributed by atoms with Crippen LogP contribution in [-0.2, 0) is 6.18 Å². The fourth-order valence-electron chi connectivity index (χ4n) is 2.75. The van der Waals surface area contributed by atoms with Gasteiger partial charge in [-0.1, -0.05) is 25.5 Å². The minimum absolute atomic E-state index is 0.0783. The molecule has 1 aromatic carbocycles. The number of hydrogen-bond donors (Lipinski definition) is 2. The number of hydrogen-bond acceptors (Lipinski definition) is 2. The molecule has 2 N–H and O–H groups in total. The van der Waals surface area contributed by atoms with E-state index in [1.165, 1.54) is 12.1 Å². The highest BCUT2D eigenvalue weighted by atomic mass is 19.4. The van der Waals surface area contributed by atoms with Crippen LogP contribution in [0.3, 0.4) is 0 Å². The number of aliphatic hydroxyl groups excluding tert-OH is 1. The molecule has 1 heterocycles. The van der Waals surface area contributed by atoms with Crippen LogP contribution in [0.2, 0.25) is 0 Å². The number of aliphatic hydroxyl groups is 1. The summed E-state index contributed by atoms with van der Waals surface area (Å²) in [6.45, 7) is 2.97. The van der Waals surface area contributed by atoms with Crippen molar-refractivity contribution in [1.82, 2.24) is 5.32 Å². The molecule has 112 valence electrons. The van der Waals surface area contributed by atoms with Crippen LogP contribution in [0.1, 0.15) is 43.4 Å². The van der Waals surface area contributed by atoms with Gasteiger partial charge in [-0.3, -0.25) is 0 Å². The molecule has 3 atom stereocenters. The number of rotatable bonds is 3. The van der Waals surface area contributed by atoms with Crippen molar-refractivity contribution in [3.8, 4) is 0 Å². The molecule has 20 heavy (non-hydrogen) atoms. The molecule has 3 unspecified atom stereocenters. The summed E-state index contributed by atoms with van der Waals surface area (Å²) in [6.07, 6.45) is -2.07. The molecule has 5 heteroatoms. The van der Waals surface area contributed by atoms with Crippen LogP contribution in [0.15, 0.2) is 24.3 Å². The molecule has 1 fully saturated rings. The third-order valence-electron chi connectivity index (χ3n) is 4.08. The van der Waals surface area contributed by atoms with E-state index in [0.29, 0.717) is 11.5 Å². The molecule has 1 aliphatic heterocycles. The maximum atomic E-state index is 12.5. The van der Waals surface area contributed by atoms with Crippen molar-refractivity contribution in [2.24, 2.45) is 5.92 Å². The van der Waals surface area contributed by atoms with Crippen LogP contribution in [0.25, 0.3) is 0 Å². The Kier molecular flexibility index (Phi) is 4.70. The summed E-state index contributed by atoms with van der Waals surface area (Å²) in [7, 11) is 0. The smallest absolute Gasteiger partial charge is 0.387 e. The van der Waals surface area contributed by atoms with Gasteiger partial charge < -0.3 is 10.4 Å². The Labute approximate surface area is 117 Å². The summed E-state index contributed by atoms with van der Waals surface area (Å²) in [6, 6.07) is 4.71. The second kappa shape index (κ2) is 6.14. The normalized spacial score (nSPS) is 25.4. The van der Waals surface area contributed by atoms with Crippen LogP contribution < -0.4 is 5.32 Å². The first-order chi connectivity index (χ1) is 9.41. The highest BCUT2D eigenvalue weighted by Gasteiger charge is 2.31. The van der Waals surface area contributed by atoms with E-state index in [0.717, 1.165) is 37.9 Å². The van der Waals surface area contributed by atoms with Crippen molar-refractivity contribution in [3.05, 3.63) is 35.4 Å². The molecular formula is C15H20F3NO. The standard InChI is InChI=1S/C15H20F3NO/c1-2-10-7-8-19-13(9-10)14(20)11-3-5-12(6-4-11)15(16,17)18/h3-6,10,13-14,19-20H,2,7-9H2,1H3. The van der Waals surface area contributed by atoms with E-state index in [-0.39, 0.29) is 6.04 Å². The second-order valence-electron chi connectivity index (χ2n) is 5.42. The van der Waals surface area contributed by atoms with Gasteiger partial charge in [0.2, 0.25) is 0 Å². The Morgan fingerprint density at radius 1 is 1.30 bits per heavy atom. The summed E-state index contributed by atoms with van der Waals surface area (Å²) in [5.41, 5.74) is -0.149. The molecule has 1 saturated heterocycles. The fourth-order valence-corrected chi connectivity index (χ4v) is 2.75. The van der Waals surface area contributed by atoms with Crippen LogP contribution in [0.4, 0.5) is 13.2 Å². The summed E-state index contributed by atoms with van der Waals surface area (Å²) >= 11 is 0. The summed E-state index contributed by atoms with van der Waals surface area (Å²) < 4.78 is 37.5. The van der Waals surface area contributed by atoms with Crippen LogP contribution in [-0.4, -0.2) is 17.7 Å². The molecule has 0 amide bonds. The molecule has 0 aromatic heterocycles.